The molecule has 0 spiro atoms. The van der Waals surface area contributed by atoms with Gasteiger partial charge in [-0.1, -0.05) is 29.3 Å². The molecule has 3 aromatic heterocycles. The molecule has 3 heterocycles. The van der Waals surface area contributed by atoms with Crippen LogP contribution in [-0.2, 0) is 10.8 Å². The summed E-state index contributed by atoms with van der Waals surface area (Å²) < 4.78 is 16.0. The lowest BCUT2D eigenvalue weighted by Gasteiger charge is -2.17. The minimum absolute atomic E-state index is 0.0157. The summed E-state index contributed by atoms with van der Waals surface area (Å²) in [5, 5.41) is -0.131. The number of pyridine rings is 3. The van der Waals surface area contributed by atoms with Crippen molar-refractivity contribution in [3.63, 3.8) is 0 Å². The Hall–Kier alpha value is -2.24. The van der Waals surface area contributed by atoms with Crippen LogP contribution in [0.3, 0.4) is 0 Å². The maximum atomic E-state index is 14.7. The first kappa shape index (κ1) is 18.8. The second-order valence-electron chi connectivity index (χ2n) is 8.32. The molecule has 0 atom stereocenters. The van der Waals surface area contributed by atoms with Gasteiger partial charge >= 0.3 is 0 Å². The van der Waals surface area contributed by atoms with Gasteiger partial charge in [-0.3, -0.25) is 14.3 Å². The molecule has 2 fully saturated rings. The lowest BCUT2D eigenvalue weighted by molar-refractivity contribution is 0.606. The molecule has 5 rings (SSSR count). The van der Waals surface area contributed by atoms with Crippen molar-refractivity contribution >= 4 is 23.2 Å². The minimum atomic E-state index is -0.725. The van der Waals surface area contributed by atoms with E-state index in [0.717, 1.165) is 24.0 Å². The van der Waals surface area contributed by atoms with Crippen molar-refractivity contribution in [3.05, 3.63) is 85.0 Å². The van der Waals surface area contributed by atoms with Crippen molar-refractivity contribution in [2.24, 2.45) is 0 Å². The van der Waals surface area contributed by atoms with Gasteiger partial charge in [0.15, 0.2) is 11.0 Å². The number of hydrogen-bond acceptors (Lipinski definition) is 3. The first-order valence-corrected chi connectivity index (χ1v) is 10.1. The molecule has 0 aromatic carbocycles. The fourth-order valence-corrected chi connectivity index (χ4v) is 5.25. The first-order valence-electron chi connectivity index (χ1n) is 9.38. The van der Waals surface area contributed by atoms with Gasteiger partial charge in [0, 0.05) is 35.1 Å². The number of aryl methyl sites for hydroxylation is 3. The zero-order chi connectivity index (χ0) is 20.7. The maximum Gasteiger partial charge on any atom is 0.274 e. The van der Waals surface area contributed by atoms with E-state index in [1.165, 1.54) is 16.3 Å². The summed E-state index contributed by atoms with van der Waals surface area (Å²) in [6, 6.07) is 4.07. The van der Waals surface area contributed by atoms with E-state index >= 15 is 0 Å². The number of fused-ring (bicyclic) bond motifs is 1. The molecule has 0 bridgehead atoms. The van der Waals surface area contributed by atoms with E-state index < -0.39 is 11.4 Å². The quantitative estimate of drug-likeness (QED) is 0.551. The number of rotatable bonds is 3. The van der Waals surface area contributed by atoms with E-state index in [2.05, 4.69) is 16.0 Å². The number of halogens is 3. The molecule has 2 aliphatic rings. The van der Waals surface area contributed by atoms with Crippen molar-refractivity contribution in [3.8, 4) is 5.69 Å². The Morgan fingerprint density at radius 2 is 1.79 bits per heavy atom. The standard InChI is InChI=1S/C22H18Cl2FN3O/c1-11-4-14(8-26-6-11)21-9-22(21,10-21)15-5-13(3)28(20(29)16(15)23)18-12(2)7-27-19(24)17(18)25/h4-8H,9-10H2,1-3H3. The molecule has 3 aromatic rings. The lowest BCUT2D eigenvalue weighted by Crippen LogP contribution is -2.25. The molecule has 2 aliphatic carbocycles. The van der Waals surface area contributed by atoms with Crippen LogP contribution < -0.4 is 5.56 Å². The highest BCUT2D eigenvalue weighted by Crippen LogP contribution is 2.86. The Balaban J connectivity index is 1.64. The normalized spacial score (nSPS) is 24.3. The third-order valence-electron chi connectivity index (χ3n) is 6.51. The van der Waals surface area contributed by atoms with E-state index in [-0.39, 0.29) is 26.7 Å². The highest BCUT2D eigenvalue weighted by molar-refractivity contribution is 6.31. The van der Waals surface area contributed by atoms with Crippen LogP contribution in [-0.4, -0.2) is 14.5 Å². The van der Waals surface area contributed by atoms with Crippen LogP contribution in [0.4, 0.5) is 4.39 Å². The number of aromatic nitrogens is 3. The van der Waals surface area contributed by atoms with Gasteiger partial charge in [0.05, 0.1) is 5.69 Å². The maximum absolute atomic E-state index is 14.7. The molecular weight excluding hydrogens is 412 g/mol. The van der Waals surface area contributed by atoms with Crippen LogP contribution in [0.5, 0.6) is 0 Å². The molecule has 148 valence electrons. The summed E-state index contributed by atoms with van der Waals surface area (Å²) in [6.07, 6.45) is 7.08. The molecule has 2 saturated carbocycles. The average molecular weight is 430 g/mol. The molecule has 0 saturated heterocycles. The van der Waals surface area contributed by atoms with Gasteiger partial charge in [0.2, 0.25) is 0 Å². The van der Waals surface area contributed by atoms with E-state index in [9.17, 15) is 9.18 Å². The molecule has 0 N–H and O–H groups in total. The Morgan fingerprint density at radius 1 is 1.07 bits per heavy atom. The SMILES string of the molecule is Cc1cncc(C23CC2(c2cc(C)n(-c4c(C)cnc(Cl)c4F)c(=O)c2Cl)C3)c1. The molecule has 7 heteroatoms. The topological polar surface area (TPSA) is 47.8 Å². The summed E-state index contributed by atoms with van der Waals surface area (Å²) in [6.45, 7) is 5.49. The van der Waals surface area contributed by atoms with Crippen molar-refractivity contribution in [2.75, 3.05) is 0 Å². The third-order valence-corrected chi connectivity index (χ3v) is 7.14. The third kappa shape index (κ3) is 2.41. The van der Waals surface area contributed by atoms with Crippen LogP contribution in [0.1, 0.15) is 40.8 Å². The molecular formula is C22H18Cl2FN3O. The monoisotopic (exact) mass is 429 g/mol. The van der Waals surface area contributed by atoms with E-state index in [0.29, 0.717) is 11.3 Å². The van der Waals surface area contributed by atoms with Crippen LogP contribution >= 0.6 is 23.2 Å². The summed E-state index contributed by atoms with van der Waals surface area (Å²) in [5.74, 6) is -0.725. The van der Waals surface area contributed by atoms with Crippen LogP contribution in [0.2, 0.25) is 10.2 Å². The van der Waals surface area contributed by atoms with Gasteiger partial charge in [-0.25, -0.2) is 9.37 Å². The second kappa shape index (κ2) is 5.89. The fraction of sp³-hybridized carbons (Fsp3) is 0.318. The van der Waals surface area contributed by atoms with Gasteiger partial charge in [0.25, 0.3) is 5.56 Å². The van der Waals surface area contributed by atoms with Gasteiger partial charge in [-0.05, 0) is 61.9 Å². The van der Waals surface area contributed by atoms with Crippen molar-refractivity contribution in [1.82, 2.24) is 14.5 Å². The summed E-state index contributed by atoms with van der Waals surface area (Å²) in [4.78, 5) is 21.3. The van der Waals surface area contributed by atoms with Crippen LogP contribution in [0, 0.1) is 26.6 Å². The van der Waals surface area contributed by atoms with Crippen molar-refractivity contribution in [1.29, 1.82) is 0 Å². The fourth-order valence-electron chi connectivity index (χ4n) is 4.79. The highest BCUT2D eigenvalue weighted by Gasteiger charge is 2.84. The van der Waals surface area contributed by atoms with Gasteiger partial charge < -0.3 is 0 Å². The Kier molecular flexibility index (Phi) is 3.81. The Labute approximate surface area is 177 Å². The van der Waals surface area contributed by atoms with E-state index in [1.807, 2.05) is 25.4 Å². The van der Waals surface area contributed by atoms with Gasteiger partial charge in [0.1, 0.15) is 5.02 Å². The van der Waals surface area contributed by atoms with Crippen LogP contribution in [0.15, 0.2) is 35.5 Å². The zero-order valence-electron chi connectivity index (χ0n) is 16.2. The summed E-state index contributed by atoms with van der Waals surface area (Å²) in [7, 11) is 0. The van der Waals surface area contributed by atoms with Gasteiger partial charge in [-0.2, -0.15) is 0 Å². The molecule has 4 nitrogen and oxygen atoms in total. The summed E-state index contributed by atoms with van der Waals surface area (Å²) >= 11 is 12.4. The average Bonchev–Trinajstić information content (AvgIpc) is 3.52. The zero-order valence-corrected chi connectivity index (χ0v) is 17.7. The van der Waals surface area contributed by atoms with Crippen LogP contribution in [0.25, 0.3) is 5.69 Å². The van der Waals surface area contributed by atoms with Gasteiger partial charge in [-0.15, -0.1) is 0 Å². The predicted molar refractivity (Wildman–Crippen MR) is 111 cm³/mol. The number of hydrogen-bond donors (Lipinski definition) is 0. The molecule has 0 amide bonds. The first-order chi connectivity index (χ1) is 13.7. The molecule has 0 radical (unpaired) electrons. The minimum Gasteiger partial charge on any atom is -0.277 e. The Morgan fingerprint density at radius 3 is 2.48 bits per heavy atom. The predicted octanol–water partition coefficient (Wildman–Crippen LogP) is 4.98. The number of nitrogens with zero attached hydrogens (tertiary/aromatic N) is 3. The van der Waals surface area contributed by atoms with Crippen molar-refractivity contribution in [2.45, 2.75) is 44.4 Å². The van der Waals surface area contributed by atoms with Crippen molar-refractivity contribution < 1.29 is 4.39 Å². The lowest BCUT2D eigenvalue weighted by atomic mass is 10.0. The smallest absolute Gasteiger partial charge is 0.274 e. The van der Waals surface area contributed by atoms with E-state index in [1.54, 1.807) is 13.8 Å². The second-order valence-corrected chi connectivity index (χ2v) is 9.05. The molecule has 0 aliphatic heterocycles. The molecule has 29 heavy (non-hydrogen) atoms. The van der Waals surface area contributed by atoms with E-state index in [4.69, 9.17) is 23.2 Å². The summed E-state index contributed by atoms with van der Waals surface area (Å²) in [5.41, 5.74) is 3.84. The molecule has 0 unspecified atom stereocenters. The highest BCUT2D eigenvalue weighted by atomic mass is 35.5. The Bertz CT molecular complexity index is 1260. The largest absolute Gasteiger partial charge is 0.277 e.